The molecule has 0 bridgehead atoms. The van der Waals surface area contributed by atoms with Crippen LogP contribution in [0.4, 0.5) is 10.1 Å². The summed E-state index contributed by atoms with van der Waals surface area (Å²) in [7, 11) is 0. The summed E-state index contributed by atoms with van der Waals surface area (Å²) in [5.74, 6) is -1.37. The Morgan fingerprint density at radius 2 is 1.95 bits per heavy atom. The number of aryl methyl sites for hydroxylation is 1. The van der Waals surface area contributed by atoms with Gasteiger partial charge in [0.05, 0.1) is 10.5 Å². The maximum Gasteiger partial charge on any atom is 0.270 e. The average molecular weight is 282 g/mol. The van der Waals surface area contributed by atoms with Crippen LogP contribution in [-0.2, 0) is 0 Å². The van der Waals surface area contributed by atoms with Gasteiger partial charge in [-0.15, -0.1) is 0 Å². The van der Waals surface area contributed by atoms with Gasteiger partial charge in [-0.1, -0.05) is 20.8 Å². The second kappa shape index (κ2) is 5.56. The number of carbonyl (C=O) groups excluding carboxylic acids is 1. The highest BCUT2D eigenvalue weighted by Crippen LogP contribution is 2.23. The maximum absolute atomic E-state index is 14.0. The van der Waals surface area contributed by atoms with Gasteiger partial charge < -0.3 is 5.32 Å². The molecule has 0 aliphatic heterocycles. The highest BCUT2D eigenvalue weighted by molar-refractivity contribution is 5.95. The van der Waals surface area contributed by atoms with Gasteiger partial charge in [-0.25, -0.2) is 4.39 Å². The molecule has 0 aromatic heterocycles. The summed E-state index contributed by atoms with van der Waals surface area (Å²) in [6.45, 7) is 9.01. The second-order valence-electron chi connectivity index (χ2n) is 5.94. The van der Waals surface area contributed by atoms with Gasteiger partial charge in [0.2, 0.25) is 0 Å². The largest absolute Gasteiger partial charge is 0.349 e. The van der Waals surface area contributed by atoms with Crippen molar-refractivity contribution in [1.29, 1.82) is 0 Å². The van der Waals surface area contributed by atoms with Crippen LogP contribution in [0.5, 0.6) is 0 Å². The molecule has 20 heavy (non-hydrogen) atoms. The summed E-state index contributed by atoms with van der Waals surface area (Å²) in [4.78, 5) is 22.2. The first-order valence-electron chi connectivity index (χ1n) is 6.29. The SMILES string of the molecule is Cc1cc([N+](=O)[O-])cc(C(=O)NC(C)C(C)(C)C)c1F. The van der Waals surface area contributed by atoms with Gasteiger partial charge in [-0.2, -0.15) is 0 Å². The molecule has 0 aliphatic carbocycles. The van der Waals surface area contributed by atoms with Crippen LogP contribution in [-0.4, -0.2) is 16.9 Å². The van der Waals surface area contributed by atoms with Crippen molar-refractivity contribution in [2.45, 2.75) is 40.7 Å². The smallest absolute Gasteiger partial charge is 0.270 e. The predicted molar refractivity (Wildman–Crippen MR) is 74.2 cm³/mol. The lowest BCUT2D eigenvalue weighted by molar-refractivity contribution is -0.385. The van der Waals surface area contributed by atoms with Crippen molar-refractivity contribution in [3.05, 3.63) is 39.2 Å². The minimum atomic E-state index is -0.728. The molecule has 5 nitrogen and oxygen atoms in total. The Bertz CT molecular complexity index is 550. The second-order valence-corrected chi connectivity index (χ2v) is 5.94. The molecule has 1 atom stereocenters. The molecule has 0 fully saturated rings. The zero-order chi connectivity index (χ0) is 15.7. The highest BCUT2D eigenvalue weighted by atomic mass is 19.1. The Hall–Kier alpha value is -1.98. The highest BCUT2D eigenvalue weighted by Gasteiger charge is 2.25. The van der Waals surface area contributed by atoms with Gasteiger partial charge in [-0.3, -0.25) is 14.9 Å². The molecule has 1 rings (SSSR count). The predicted octanol–water partition coefficient (Wildman–Crippen LogP) is 3.21. The van der Waals surface area contributed by atoms with Crippen LogP contribution in [0.15, 0.2) is 12.1 Å². The van der Waals surface area contributed by atoms with Gasteiger partial charge in [0.25, 0.3) is 11.6 Å². The van der Waals surface area contributed by atoms with Crippen LogP contribution < -0.4 is 5.32 Å². The topological polar surface area (TPSA) is 72.2 Å². The van der Waals surface area contributed by atoms with Crippen LogP contribution in [0.3, 0.4) is 0 Å². The number of nitro groups is 1. The number of hydrogen-bond acceptors (Lipinski definition) is 3. The molecule has 0 spiro atoms. The molecule has 0 aliphatic rings. The zero-order valence-electron chi connectivity index (χ0n) is 12.3. The Labute approximate surface area is 117 Å². The van der Waals surface area contributed by atoms with E-state index in [-0.39, 0.29) is 28.3 Å². The molecule has 0 radical (unpaired) electrons. The van der Waals surface area contributed by atoms with Crippen LogP contribution in [0, 0.1) is 28.3 Å². The van der Waals surface area contributed by atoms with Crippen molar-refractivity contribution < 1.29 is 14.1 Å². The summed E-state index contributed by atoms with van der Waals surface area (Å²) in [5.41, 5.74) is -0.708. The van der Waals surface area contributed by atoms with E-state index in [0.717, 1.165) is 12.1 Å². The van der Waals surface area contributed by atoms with E-state index >= 15 is 0 Å². The lowest BCUT2D eigenvalue weighted by Crippen LogP contribution is -2.41. The molecule has 1 amide bonds. The molecule has 0 saturated carbocycles. The van der Waals surface area contributed by atoms with Crippen molar-refractivity contribution in [2.75, 3.05) is 0 Å². The van der Waals surface area contributed by atoms with Gasteiger partial charge >= 0.3 is 0 Å². The van der Waals surface area contributed by atoms with Crippen LogP contribution in [0.1, 0.15) is 43.6 Å². The van der Waals surface area contributed by atoms with Crippen molar-refractivity contribution in [3.63, 3.8) is 0 Å². The minimum Gasteiger partial charge on any atom is -0.349 e. The van der Waals surface area contributed by atoms with Crippen molar-refractivity contribution >= 4 is 11.6 Å². The van der Waals surface area contributed by atoms with Crippen LogP contribution in [0.2, 0.25) is 0 Å². The third-order valence-electron chi connectivity index (χ3n) is 3.34. The number of hydrogen-bond donors (Lipinski definition) is 1. The number of benzene rings is 1. The van der Waals surface area contributed by atoms with Gasteiger partial charge in [0.1, 0.15) is 5.82 Å². The number of nitrogens with one attached hydrogen (secondary N) is 1. The van der Waals surface area contributed by atoms with E-state index in [1.807, 2.05) is 20.8 Å². The normalized spacial score (nSPS) is 12.9. The number of halogens is 1. The number of non-ortho nitro benzene ring substituents is 1. The monoisotopic (exact) mass is 282 g/mol. The molecule has 1 aromatic carbocycles. The van der Waals surface area contributed by atoms with Gasteiger partial charge in [-0.05, 0) is 24.8 Å². The number of amides is 1. The summed E-state index contributed by atoms with van der Waals surface area (Å²) in [6, 6.07) is 1.88. The van der Waals surface area contributed by atoms with E-state index in [1.54, 1.807) is 6.92 Å². The molecular formula is C14H19FN2O3. The van der Waals surface area contributed by atoms with Gasteiger partial charge in [0, 0.05) is 18.2 Å². The minimum absolute atomic E-state index is 0.0766. The first-order valence-corrected chi connectivity index (χ1v) is 6.29. The molecule has 1 aromatic rings. The fraction of sp³-hybridized carbons (Fsp3) is 0.500. The first kappa shape index (κ1) is 16.1. The first-order chi connectivity index (χ1) is 9.04. The lowest BCUT2D eigenvalue weighted by atomic mass is 9.88. The van der Waals surface area contributed by atoms with Crippen LogP contribution >= 0.6 is 0 Å². The van der Waals surface area contributed by atoms with E-state index in [9.17, 15) is 19.3 Å². The van der Waals surface area contributed by atoms with Crippen LogP contribution in [0.25, 0.3) is 0 Å². The Morgan fingerprint density at radius 3 is 2.40 bits per heavy atom. The molecule has 110 valence electrons. The Kier molecular flexibility index (Phi) is 4.47. The summed E-state index contributed by atoms with van der Waals surface area (Å²) in [5, 5.41) is 13.4. The lowest BCUT2D eigenvalue weighted by Gasteiger charge is -2.28. The maximum atomic E-state index is 14.0. The Morgan fingerprint density at radius 1 is 1.40 bits per heavy atom. The third kappa shape index (κ3) is 3.53. The molecule has 6 heteroatoms. The standard InChI is InChI=1S/C14H19FN2O3/c1-8-6-10(17(19)20)7-11(12(8)15)13(18)16-9(2)14(3,4)5/h6-7,9H,1-5H3,(H,16,18). The summed E-state index contributed by atoms with van der Waals surface area (Å²) >= 11 is 0. The van der Waals surface area contributed by atoms with Crippen molar-refractivity contribution in [1.82, 2.24) is 5.32 Å². The molecule has 0 saturated heterocycles. The van der Waals surface area contributed by atoms with E-state index in [4.69, 9.17) is 0 Å². The fourth-order valence-corrected chi connectivity index (χ4v) is 1.51. The third-order valence-corrected chi connectivity index (χ3v) is 3.34. The van der Waals surface area contributed by atoms with E-state index in [0.29, 0.717) is 0 Å². The zero-order valence-corrected chi connectivity index (χ0v) is 12.3. The van der Waals surface area contributed by atoms with Gasteiger partial charge in [0.15, 0.2) is 0 Å². The number of nitrogens with zero attached hydrogens (tertiary/aromatic N) is 1. The van der Waals surface area contributed by atoms with E-state index in [1.165, 1.54) is 6.92 Å². The quantitative estimate of drug-likeness (QED) is 0.683. The van der Waals surface area contributed by atoms with Crippen molar-refractivity contribution in [2.24, 2.45) is 5.41 Å². The molecule has 0 heterocycles. The van der Waals surface area contributed by atoms with E-state index < -0.39 is 16.6 Å². The Balaban J connectivity index is 3.13. The summed E-state index contributed by atoms with van der Waals surface area (Å²) < 4.78 is 14.0. The van der Waals surface area contributed by atoms with Crippen molar-refractivity contribution in [3.8, 4) is 0 Å². The number of nitro benzene ring substituents is 1. The number of rotatable bonds is 3. The fourth-order valence-electron chi connectivity index (χ4n) is 1.51. The van der Waals surface area contributed by atoms with E-state index in [2.05, 4.69) is 5.32 Å². The summed E-state index contributed by atoms with van der Waals surface area (Å²) in [6.07, 6.45) is 0. The average Bonchev–Trinajstić information content (AvgIpc) is 2.30. The number of carbonyl (C=O) groups is 1. The molecule has 1 N–H and O–H groups in total. The molecular weight excluding hydrogens is 263 g/mol. The molecule has 1 unspecified atom stereocenters.